The Labute approximate surface area is 85.8 Å². The molecule has 0 unspecified atom stereocenters. The summed E-state index contributed by atoms with van der Waals surface area (Å²) in [6, 6.07) is 0.151. The van der Waals surface area contributed by atoms with Crippen molar-refractivity contribution in [3.63, 3.8) is 0 Å². The quantitative estimate of drug-likeness (QED) is 0.719. The molecule has 1 N–H and O–H groups in total. The van der Waals surface area contributed by atoms with Gasteiger partial charge in [-0.1, -0.05) is 6.92 Å². The number of nitrogens with one attached hydrogen (secondary N) is 1. The van der Waals surface area contributed by atoms with Gasteiger partial charge in [-0.25, -0.2) is 4.79 Å². The molecule has 0 aromatic rings. The first-order valence-electron chi connectivity index (χ1n) is 5.72. The average molecular weight is 196 g/mol. The predicted molar refractivity (Wildman–Crippen MR) is 56.2 cm³/mol. The van der Waals surface area contributed by atoms with E-state index in [1.54, 1.807) is 0 Å². The summed E-state index contributed by atoms with van der Waals surface area (Å²) < 4.78 is 0. The first kappa shape index (κ1) is 9.81. The van der Waals surface area contributed by atoms with Gasteiger partial charge in [-0.2, -0.15) is 0 Å². The molecular weight excluding hydrogens is 176 g/mol. The van der Waals surface area contributed by atoms with Crippen molar-refractivity contribution in [3.05, 3.63) is 0 Å². The standard InChI is InChI=1S/C11H20N2O/c1-11(5-6-11)9-12-10(14)13-7-3-2-4-8-13/h2-9H2,1H3,(H,12,14). The molecule has 1 saturated heterocycles. The summed E-state index contributed by atoms with van der Waals surface area (Å²) in [7, 11) is 0. The van der Waals surface area contributed by atoms with Crippen molar-refractivity contribution in [3.8, 4) is 0 Å². The fourth-order valence-electron chi connectivity index (χ4n) is 1.89. The SMILES string of the molecule is CC1(CNC(=O)N2CCCCC2)CC1. The highest BCUT2D eigenvalue weighted by Gasteiger charge is 2.37. The van der Waals surface area contributed by atoms with Crippen molar-refractivity contribution in [2.75, 3.05) is 19.6 Å². The van der Waals surface area contributed by atoms with Gasteiger partial charge in [-0.05, 0) is 37.5 Å². The number of nitrogens with zero attached hydrogens (tertiary/aromatic N) is 1. The molecular formula is C11H20N2O. The maximum atomic E-state index is 11.7. The van der Waals surface area contributed by atoms with Crippen LogP contribution >= 0.6 is 0 Å². The van der Waals surface area contributed by atoms with Gasteiger partial charge in [0.25, 0.3) is 0 Å². The van der Waals surface area contributed by atoms with E-state index in [1.165, 1.54) is 32.1 Å². The minimum atomic E-state index is 0.151. The first-order valence-corrected chi connectivity index (χ1v) is 5.72. The van der Waals surface area contributed by atoms with Gasteiger partial charge >= 0.3 is 6.03 Å². The van der Waals surface area contributed by atoms with Gasteiger partial charge in [-0.15, -0.1) is 0 Å². The molecule has 0 bridgehead atoms. The molecule has 0 aromatic carbocycles. The van der Waals surface area contributed by atoms with E-state index >= 15 is 0 Å². The Kier molecular flexibility index (Phi) is 2.66. The smallest absolute Gasteiger partial charge is 0.317 e. The summed E-state index contributed by atoms with van der Waals surface area (Å²) in [5, 5.41) is 3.04. The Bertz CT molecular complexity index is 217. The molecule has 2 amide bonds. The predicted octanol–water partition coefficient (Wildman–Crippen LogP) is 1.98. The van der Waals surface area contributed by atoms with Crippen LogP contribution in [0.4, 0.5) is 4.79 Å². The highest BCUT2D eigenvalue weighted by Crippen LogP contribution is 2.44. The zero-order valence-electron chi connectivity index (χ0n) is 9.01. The molecule has 2 aliphatic rings. The molecule has 1 heterocycles. The summed E-state index contributed by atoms with van der Waals surface area (Å²) in [5.74, 6) is 0. The lowest BCUT2D eigenvalue weighted by Gasteiger charge is -2.27. The minimum absolute atomic E-state index is 0.151. The van der Waals surface area contributed by atoms with Crippen molar-refractivity contribution in [1.29, 1.82) is 0 Å². The summed E-state index contributed by atoms with van der Waals surface area (Å²) in [5.41, 5.74) is 0.422. The number of amides is 2. The lowest BCUT2D eigenvalue weighted by molar-refractivity contribution is 0.184. The zero-order valence-corrected chi connectivity index (χ0v) is 9.01. The van der Waals surface area contributed by atoms with E-state index in [0.29, 0.717) is 5.41 Å². The van der Waals surface area contributed by atoms with E-state index in [1.807, 2.05) is 4.90 Å². The second-order valence-corrected chi connectivity index (χ2v) is 5.02. The maximum Gasteiger partial charge on any atom is 0.317 e. The van der Waals surface area contributed by atoms with Crippen molar-refractivity contribution >= 4 is 6.03 Å². The van der Waals surface area contributed by atoms with E-state index < -0.39 is 0 Å². The molecule has 1 saturated carbocycles. The second-order valence-electron chi connectivity index (χ2n) is 5.02. The van der Waals surface area contributed by atoms with Crippen LogP contribution in [-0.4, -0.2) is 30.6 Å². The van der Waals surface area contributed by atoms with E-state index in [9.17, 15) is 4.79 Å². The van der Waals surface area contributed by atoms with Crippen molar-refractivity contribution in [1.82, 2.24) is 10.2 Å². The molecule has 0 atom stereocenters. The molecule has 1 aliphatic carbocycles. The van der Waals surface area contributed by atoms with Crippen LogP contribution in [0.5, 0.6) is 0 Å². The summed E-state index contributed by atoms with van der Waals surface area (Å²) >= 11 is 0. The monoisotopic (exact) mass is 196 g/mol. The molecule has 2 rings (SSSR count). The average Bonchev–Trinajstić information content (AvgIpc) is 2.95. The third-order valence-corrected chi connectivity index (χ3v) is 3.41. The Morgan fingerprint density at radius 3 is 2.50 bits per heavy atom. The number of hydrogen-bond donors (Lipinski definition) is 1. The van der Waals surface area contributed by atoms with Gasteiger partial charge in [-0.3, -0.25) is 0 Å². The number of urea groups is 1. The van der Waals surface area contributed by atoms with Gasteiger partial charge in [0.1, 0.15) is 0 Å². The van der Waals surface area contributed by atoms with Gasteiger partial charge in [0, 0.05) is 19.6 Å². The second kappa shape index (κ2) is 3.79. The van der Waals surface area contributed by atoms with E-state index in [0.717, 1.165) is 19.6 Å². The normalized spacial score (nSPS) is 24.5. The topological polar surface area (TPSA) is 32.3 Å². The number of carbonyl (C=O) groups is 1. The van der Waals surface area contributed by atoms with Crippen LogP contribution in [0.3, 0.4) is 0 Å². The molecule has 14 heavy (non-hydrogen) atoms. The van der Waals surface area contributed by atoms with E-state index in [4.69, 9.17) is 0 Å². The van der Waals surface area contributed by atoms with Gasteiger partial charge in [0.2, 0.25) is 0 Å². The number of rotatable bonds is 2. The van der Waals surface area contributed by atoms with Crippen LogP contribution < -0.4 is 5.32 Å². The van der Waals surface area contributed by atoms with Crippen LogP contribution in [0.1, 0.15) is 39.0 Å². The maximum absolute atomic E-state index is 11.7. The molecule has 2 fully saturated rings. The summed E-state index contributed by atoms with van der Waals surface area (Å²) in [6.07, 6.45) is 6.16. The van der Waals surface area contributed by atoms with E-state index in [-0.39, 0.29) is 6.03 Å². The van der Waals surface area contributed by atoms with Crippen LogP contribution in [0.25, 0.3) is 0 Å². The van der Waals surface area contributed by atoms with E-state index in [2.05, 4.69) is 12.2 Å². The largest absolute Gasteiger partial charge is 0.337 e. The number of hydrogen-bond acceptors (Lipinski definition) is 1. The lowest BCUT2D eigenvalue weighted by atomic mass is 10.1. The van der Waals surface area contributed by atoms with Crippen molar-refractivity contribution in [2.45, 2.75) is 39.0 Å². The molecule has 0 aromatic heterocycles. The number of likely N-dealkylation sites (tertiary alicyclic amines) is 1. The molecule has 3 nitrogen and oxygen atoms in total. The highest BCUT2D eigenvalue weighted by atomic mass is 16.2. The van der Waals surface area contributed by atoms with Crippen molar-refractivity contribution in [2.24, 2.45) is 5.41 Å². The van der Waals surface area contributed by atoms with Gasteiger partial charge < -0.3 is 10.2 Å². The van der Waals surface area contributed by atoms with Gasteiger partial charge in [0.15, 0.2) is 0 Å². The summed E-state index contributed by atoms with van der Waals surface area (Å²) in [4.78, 5) is 13.6. The molecule has 3 heteroatoms. The Balaban J connectivity index is 1.71. The molecule has 0 spiro atoms. The van der Waals surface area contributed by atoms with Crippen LogP contribution in [-0.2, 0) is 0 Å². The van der Waals surface area contributed by atoms with Gasteiger partial charge in [0.05, 0.1) is 0 Å². The third kappa shape index (κ3) is 2.40. The Hall–Kier alpha value is -0.730. The van der Waals surface area contributed by atoms with Crippen LogP contribution in [0.15, 0.2) is 0 Å². The summed E-state index contributed by atoms with van der Waals surface area (Å²) in [6.45, 7) is 5.00. The molecule has 1 aliphatic heterocycles. The molecule has 0 radical (unpaired) electrons. The fourth-order valence-corrected chi connectivity index (χ4v) is 1.89. The van der Waals surface area contributed by atoms with Crippen LogP contribution in [0.2, 0.25) is 0 Å². The molecule has 80 valence electrons. The van der Waals surface area contributed by atoms with Crippen molar-refractivity contribution < 1.29 is 4.79 Å². The Morgan fingerprint density at radius 2 is 1.93 bits per heavy atom. The minimum Gasteiger partial charge on any atom is -0.337 e. The third-order valence-electron chi connectivity index (χ3n) is 3.41. The zero-order chi connectivity index (χ0) is 10.0. The first-order chi connectivity index (χ1) is 6.70. The lowest BCUT2D eigenvalue weighted by Crippen LogP contribution is -2.44. The fraction of sp³-hybridized carbons (Fsp3) is 0.909. The van der Waals surface area contributed by atoms with Crippen LogP contribution in [0, 0.1) is 5.41 Å². The number of piperidine rings is 1. The number of carbonyl (C=O) groups excluding carboxylic acids is 1. The Morgan fingerprint density at radius 1 is 1.29 bits per heavy atom. The highest BCUT2D eigenvalue weighted by molar-refractivity contribution is 5.74.